The van der Waals surface area contributed by atoms with Gasteiger partial charge in [-0.3, -0.25) is 4.68 Å². The second-order valence-electron chi connectivity index (χ2n) is 4.15. The molecule has 6 heteroatoms. The van der Waals surface area contributed by atoms with Crippen LogP contribution in [0.5, 0.6) is 0 Å². The first-order valence-corrected chi connectivity index (χ1v) is 5.51. The summed E-state index contributed by atoms with van der Waals surface area (Å²) in [5.74, 6) is 0.367. The van der Waals surface area contributed by atoms with E-state index in [1.807, 2.05) is 18.0 Å². The summed E-state index contributed by atoms with van der Waals surface area (Å²) in [6.45, 7) is 2.18. The molecule has 0 aromatic carbocycles. The minimum absolute atomic E-state index is 0.228. The van der Waals surface area contributed by atoms with Gasteiger partial charge >= 0.3 is 5.97 Å². The summed E-state index contributed by atoms with van der Waals surface area (Å²) < 4.78 is 6.83. The van der Waals surface area contributed by atoms with Gasteiger partial charge in [-0.2, -0.15) is 5.10 Å². The summed E-state index contributed by atoms with van der Waals surface area (Å²) in [4.78, 5) is 13.1. The quantitative estimate of drug-likeness (QED) is 0.892. The molecule has 0 aliphatic heterocycles. The van der Waals surface area contributed by atoms with Crippen LogP contribution in [0.25, 0.3) is 0 Å². The zero-order valence-corrected chi connectivity index (χ0v) is 10.5. The van der Waals surface area contributed by atoms with Gasteiger partial charge in [-0.15, -0.1) is 0 Å². The second-order valence-corrected chi connectivity index (χ2v) is 4.15. The third-order valence-electron chi connectivity index (χ3n) is 2.74. The first-order valence-electron chi connectivity index (χ1n) is 5.51. The van der Waals surface area contributed by atoms with E-state index >= 15 is 0 Å². The SMILES string of the molecule is Cc1nn(C)c(N(C)Cc2ccco2)c1C(=O)O. The molecule has 0 fully saturated rings. The van der Waals surface area contributed by atoms with Crippen molar-refractivity contribution in [3.63, 3.8) is 0 Å². The number of carbonyl (C=O) groups is 1. The van der Waals surface area contributed by atoms with Gasteiger partial charge in [0.05, 0.1) is 18.5 Å². The summed E-state index contributed by atoms with van der Waals surface area (Å²) in [7, 11) is 3.54. The molecule has 0 radical (unpaired) electrons. The summed E-state index contributed by atoms with van der Waals surface area (Å²) in [6, 6.07) is 3.65. The summed E-state index contributed by atoms with van der Waals surface area (Å²) in [5.41, 5.74) is 0.734. The molecular weight excluding hydrogens is 234 g/mol. The van der Waals surface area contributed by atoms with Gasteiger partial charge in [0.2, 0.25) is 0 Å². The highest BCUT2D eigenvalue weighted by Crippen LogP contribution is 2.23. The Balaban J connectivity index is 2.35. The third kappa shape index (κ3) is 2.09. The minimum Gasteiger partial charge on any atom is -0.477 e. The molecule has 0 spiro atoms. The number of furan rings is 1. The minimum atomic E-state index is -0.970. The van der Waals surface area contributed by atoms with Gasteiger partial charge in [0.15, 0.2) is 0 Å². The Bertz CT molecular complexity index is 557. The number of aromatic nitrogens is 2. The number of aromatic carboxylic acids is 1. The highest BCUT2D eigenvalue weighted by molar-refractivity contribution is 5.94. The van der Waals surface area contributed by atoms with Crippen LogP contribution >= 0.6 is 0 Å². The van der Waals surface area contributed by atoms with E-state index in [1.54, 1.807) is 31.0 Å². The van der Waals surface area contributed by atoms with Crippen LogP contribution in [0.1, 0.15) is 21.8 Å². The van der Waals surface area contributed by atoms with E-state index < -0.39 is 5.97 Å². The van der Waals surface area contributed by atoms with Crippen molar-refractivity contribution in [2.45, 2.75) is 13.5 Å². The van der Waals surface area contributed by atoms with Gasteiger partial charge < -0.3 is 14.4 Å². The molecular formula is C12H15N3O3. The lowest BCUT2D eigenvalue weighted by Gasteiger charge is -2.18. The van der Waals surface area contributed by atoms with Crippen LogP contribution in [0.15, 0.2) is 22.8 Å². The van der Waals surface area contributed by atoms with Gasteiger partial charge in [0, 0.05) is 14.1 Å². The van der Waals surface area contributed by atoms with E-state index in [-0.39, 0.29) is 5.56 Å². The molecule has 1 N–H and O–H groups in total. The number of aryl methyl sites for hydroxylation is 2. The van der Waals surface area contributed by atoms with Crippen molar-refractivity contribution < 1.29 is 14.3 Å². The van der Waals surface area contributed by atoms with E-state index in [1.165, 1.54) is 0 Å². The smallest absolute Gasteiger partial charge is 0.341 e. The molecule has 0 aliphatic carbocycles. The largest absolute Gasteiger partial charge is 0.477 e. The van der Waals surface area contributed by atoms with Crippen molar-refractivity contribution in [2.24, 2.45) is 7.05 Å². The van der Waals surface area contributed by atoms with Gasteiger partial charge in [-0.05, 0) is 19.1 Å². The Kier molecular flexibility index (Phi) is 3.10. The van der Waals surface area contributed by atoms with Crippen LogP contribution in [-0.2, 0) is 13.6 Å². The van der Waals surface area contributed by atoms with Crippen LogP contribution in [0, 0.1) is 6.92 Å². The number of carboxylic acid groups (broad SMARTS) is 1. The molecule has 2 aromatic rings. The Morgan fingerprint density at radius 2 is 2.33 bits per heavy atom. The van der Waals surface area contributed by atoms with Crippen molar-refractivity contribution in [3.05, 3.63) is 35.4 Å². The molecule has 0 amide bonds. The monoisotopic (exact) mass is 249 g/mol. The summed E-state index contributed by atoms with van der Waals surface area (Å²) in [5, 5.41) is 13.4. The molecule has 0 unspecified atom stereocenters. The fourth-order valence-corrected chi connectivity index (χ4v) is 2.05. The maximum atomic E-state index is 11.3. The molecule has 0 aliphatic rings. The normalized spacial score (nSPS) is 10.6. The van der Waals surface area contributed by atoms with Crippen LogP contribution in [-0.4, -0.2) is 27.9 Å². The van der Waals surface area contributed by atoms with Gasteiger partial charge in [0.1, 0.15) is 17.1 Å². The third-order valence-corrected chi connectivity index (χ3v) is 2.74. The van der Waals surface area contributed by atoms with Gasteiger partial charge in [0.25, 0.3) is 0 Å². The number of rotatable bonds is 4. The maximum absolute atomic E-state index is 11.3. The molecule has 2 heterocycles. The van der Waals surface area contributed by atoms with E-state index in [0.717, 1.165) is 5.76 Å². The lowest BCUT2D eigenvalue weighted by atomic mass is 10.2. The Morgan fingerprint density at radius 1 is 1.61 bits per heavy atom. The number of carboxylic acids is 1. The molecule has 2 rings (SSSR count). The topological polar surface area (TPSA) is 71.5 Å². The standard InChI is InChI=1S/C12H15N3O3/c1-8-10(12(16)17)11(15(3)13-8)14(2)7-9-5-4-6-18-9/h4-6H,7H2,1-3H3,(H,16,17). The summed E-state index contributed by atoms with van der Waals surface area (Å²) >= 11 is 0. The summed E-state index contributed by atoms with van der Waals surface area (Å²) in [6.07, 6.45) is 1.59. The van der Waals surface area contributed by atoms with Crippen molar-refractivity contribution in [2.75, 3.05) is 11.9 Å². The number of nitrogens with zero attached hydrogens (tertiary/aromatic N) is 3. The highest BCUT2D eigenvalue weighted by Gasteiger charge is 2.22. The number of anilines is 1. The van der Waals surface area contributed by atoms with Gasteiger partial charge in [-0.1, -0.05) is 0 Å². The fraction of sp³-hybridized carbons (Fsp3) is 0.333. The molecule has 0 atom stereocenters. The van der Waals surface area contributed by atoms with Crippen molar-refractivity contribution >= 4 is 11.8 Å². The van der Waals surface area contributed by atoms with E-state index in [4.69, 9.17) is 4.42 Å². The Morgan fingerprint density at radius 3 is 2.89 bits per heavy atom. The van der Waals surface area contributed by atoms with Gasteiger partial charge in [-0.25, -0.2) is 4.79 Å². The molecule has 0 saturated carbocycles. The Hall–Kier alpha value is -2.24. The lowest BCUT2D eigenvalue weighted by Crippen LogP contribution is -2.21. The molecule has 0 bridgehead atoms. The molecule has 2 aromatic heterocycles. The van der Waals surface area contributed by atoms with Crippen LogP contribution in [0.3, 0.4) is 0 Å². The van der Waals surface area contributed by atoms with Crippen molar-refractivity contribution in [1.29, 1.82) is 0 Å². The van der Waals surface area contributed by atoms with Crippen molar-refractivity contribution in [3.8, 4) is 0 Å². The Labute approximate surface area is 104 Å². The maximum Gasteiger partial charge on any atom is 0.341 e. The second kappa shape index (κ2) is 4.56. The van der Waals surface area contributed by atoms with Crippen LogP contribution in [0.4, 0.5) is 5.82 Å². The fourth-order valence-electron chi connectivity index (χ4n) is 2.05. The van der Waals surface area contributed by atoms with E-state index in [2.05, 4.69) is 5.10 Å². The first-order chi connectivity index (χ1) is 8.50. The zero-order chi connectivity index (χ0) is 13.3. The molecule has 0 saturated heterocycles. The van der Waals surface area contributed by atoms with E-state index in [9.17, 15) is 9.90 Å². The van der Waals surface area contributed by atoms with Crippen LogP contribution < -0.4 is 4.90 Å². The average molecular weight is 249 g/mol. The molecule has 6 nitrogen and oxygen atoms in total. The molecule has 18 heavy (non-hydrogen) atoms. The first kappa shape index (κ1) is 12.2. The van der Waals surface area contributed by atoms with Crippen LogP contribution in [0.2, 0.25) is 0 Å². The highest BCUT2D eigenvalue weighted by atomic mass is 16.4. The number of hydrogen-bond donors (Lipinski definition) is 1. The lowest BCUT2D eigenvalue weighted by molar-refractivity contribution is 0.0696. The number of hydrogen-bond acceptors (Lipinski definition) is 4. The molecule has 96 valence electrons. The van der Waals surface area contributed by atoms with Crippen molar-refractivity contribution in [1.82, 2.24) is 9.78 Å². The van der Waals surface area contributed by atoms with E-state index in [0.29, 0.717) is 18.1 Å². The zero-order valence-electron chi connectivity index (χ0n) is 10.5. The predicted molar refractivity (Wildman–Crippen MR) is 65.7 cm³/mol. The average Bonchev–Trinajstić information content (AvgIpc) is 2.85. The predicted octanol–water partition coefficient (Wildman–Crippen LogP) is 1.66.